The van der Waals surface area contributed by atoms with Crippen molar-refractivity contribution < 1.29 is 9.90 Å². The van der Waals surface area contributed by atoms with Crippen LogP contribution in [0.4, 0.5) is 0 Å². The highest BCUT2D eigenvalue weighted by Gasteiger charge is 2.28. The van der Waals surface area contributed by atoms with Crippen molar-refractivity contribution in [1.82, 2.24) is 4.98 Å². The first-order chi connectivity index (χ1) is 8.83. The molecule has 1 heterocycles. The molecule has 0 spiro atoms. The van der Waals surface area contributed by atoms with Gasteiger partial charge in [-0.05, 0) is 33.8 Å². The van der Waals surface area contributed by atoms with Crippen molar-refractivity contribution in [3.63, 3.8) is 0 Å². The summed E-state index contributed by atoms with van der Waals surface area (Å²) in [5, 5.41) is 9.05. The van der Waals surface area contributed by atoms with Crippen LogP contribution >= 0.6 is 11.8 Å². The van der Waals surface area contributed by atoms with E-state index in [0.29, 0.717) is 0 Å². The highest BCUT2D eigenvalue weighted by Crippen LogP contribution is 2.31. The van der Waals surface area contributed by atoms with Crippen LogP contribution in [0.15, 0.2) is 40.6 Å². The molecule has 1 rings (SSSR count). The molecule has 0 amide bonds. The number of carboxylic acid groups (broad SMARTS) is 1. The molecule has 19 heavy (non-hydrogen) atoms. The van der Waals surface area contributed by atoms with E-state index < -0.39 is 10.7 Å². The Kier molecular flexibility index (Phi) is 5.30. The lowest BCUT2D eigenvalue weighted by Crippen LogP contribution is -2.26. The quantitative estimate of drug-likeness (QED) is 0.839. The number of aliphatic carboxylic acids is 1. The zero-order valence-corrected chi connectivity index (χ0v) is 12.4. The van der Waals surface area contributed by atoms with Gasteiger partial charge in [-0.2, -0.15) is 0 Å². The summed E-state index contributed by atoms with van der Waals surface area (Å²) in [7, 11) is 0. The second kappa shape index (κ2) is 6.52. The highest BCUT2D eigenvalue weighted by molar-refractivity contribution is 8.05. The highest BCUT2D eigenvalue weighted by atomic mass is 32.2. The molecule has 1 N–H and O–H groups in total. The van der Waals surface area contributed by atoms with Gasteiger partial charge in [0.2, 0.25) is 0 Å². The second-order valence-corrected chi connectivity index (χ2v) is 6.48. The van der Waals surface area contributed by atoms with Crippen LogP contribution in [0.2, 0.25) is 0 Å². The fourth-order valence-electron chi connectivity index (χ4n) is 1.31. The molecule has 0 fully saturated rings. The Morgan fingerprint density at radius 2 is 2.16 bits per heavy atom. The van der Waals surface area contributed by atoms with Crippen molar-refractivity contribution in [2.75, 3.05) is 0 Å². The third-order valence-electron chi connectivity index (χ3n) is 2.45. The zero-order valence-electron chi connectivity index (χ0n) is 11.5. The third-order valence-corrected chi connectivity index (χ3v) is 3.56. The van der Waals surface area contributed by atoms with E-state index in [1.54, 1.807) is 32.4 Å². The molecule has 0 saturated heterocycles. The zero-order chi connectivity index (χ0) is 14.5. The molecule has 0 bridgehead atoms. The van der Waals surface area contributed by atoms with E-state index in [-0.39, 0.29) is 0 Å². The van der Waals surface area contributed by atoms with Gasteiger partial charge < -0.3 is 5.11 Å². The first-order valence-electron chi connectivity index (χ1n) is 5.87. The van der Waals surface area contributed by atoms with Crippen LogP contribution in [0, 0.1) is 0 Å². The van der Waals surface area contributed by atoms with Crippen molar-refractivity contribution >= 4 is 23.4 Å². The van der Waals surface area contributed by atoms with E-state index in [1.165, 1.54) is 11.8 Å². The normalized spacial score (nSPS) is 13.5. The molecule has 0 aliphatic rings. The summed E-state index contributed by atoms with van der Waals surface area (Å²) in [6, 6.07) is 3.79. The van der Waals surface area contributed by atoms with E-state index in [2.05, 4.69) is 9.98 Å². The summed E-state index contributed by atoms with van der Waals surface area (Å²) < 4.78 is -0.849. The summed E-state index contributed by atoms with van der Waals surface area (Å²) in [5.41, 5.74) is 1.80. The Hall–Kier alpha value is -1.62. The molecule has 1 aromatic heterocycles. The average Bonchev–Trinajstić information content (AvgIpc) is 2.36. The van der Waals surface area contributed by atoms with Crippen molar-refractivity contribution in [3.8, 4) is 0 Å². The summed E-state index contributed by atoms with van der Waals surface area (Å²) in [5.74, 6) is -0.835. The Balaban J connectivity index is 2.78. The number of pyridine rings is 1. The molecule has 0 aromatic carbocycles. The summed E-state index contributed by atoms with van der Waals surface area (Å²) in [6.07, 6.45) is 5.15. The number of nitrogens with zero attached hydrogens (tertiary/aromatic N) is 2. The summed E-state index contributed by atoms with van der Waals surface area (Å²) in [4.78, 5) is 20.3. The number of aromatic nitrogens is 1. The van der Waals surface area contributed by atoms with Gasteiger partial charge in [0.25, 0.3) is 0 Å². The lowest BCUT2D eigenvalue weighted by molar-refractivity contribution is -0.138. The molecule has 0 atom stereocenters. The fourth-order valence-corrected chi connectivity index (χ4v) is 2.31. The Morgan fingerprint density at radius 1 is 1.47 bits per heavy atom. The number of rotatable bonds is 5. The fraction of sp³-hybridized carbons (Fsp3) is 0.357. The molecule has 0 radical (unpaired) electrons. The topological polar surface area (TPSA) is 62.5 Å². The van der Waals surface area contributed by atoms with E-state index in [1.807, 2.05) is 26.0 Å². The molecule has 0 aliphatic carbocycles. The number of aliphatic imine (C=N–C) groups is 1. The smallest absolute Gasteiger partial charge is 0.319 e. The first-order valence-corrected chi connectivity index (χ1v) is 6.68. The maximum Gasteiger partial charge on any atom is 0.319 e. The van der Waals surface area contributed by atoms with Crippen LogP contribution in [-0.2, 0) is 4.79 Å². The molecular formula is C14H18N2O2S. The number of carbonyl (C=O) groups is 1. The number of allylic oxidation sites excluding steroid dienone is 1. The van der Waals surface area contributed by atoms with Gasteiger partial charge in [0, 0.05) is 34.8 Å². The molecule has 4 nitrogen and oxygen atoms in total. The molecule has 0 aliphatic heterocycles. The molecule has 0 unspecified atom stereocenters. The lowest BCUT2D eigenvalue weighted by atomic mass is 10.2. The molecule has 5 heteroatoms. The lowest BCUT2D eigenvalue weighted by Gasteiger charge is -2.18. The number of carboxylic acids is 1. The Labute approximate surface area is 117 Å². The van der Waals surface area contributed by atoms with Crippen LogP contribution in [0.5, 0.6) is 0 Å². The predicted octanol–water partition coefficient (Wildman–Crippen LogP) is 3.35. The first kappa shape index (κ1) is 15.4. The Morgan fingerprint density at radius 3 is 2.68 bits per heavy atom. The molecular weight excluding hydrogens is 260 g/mol. The molecule has 1 aromatic rings. The van der Waals surface area contributed by atoms with Crippen molar-refractivity contribution in [2.24, 2.45) is 4.99 Å². The minimum atomic E-state index is -0.849. The van der Waals surface area contributed by atoms with Gasteiger partial charge in [-0.15, -0.1) is 11.8 Å². The maximum absolute atomic E-state index is 11.0. The van der Waals surface area contributed by atoms with Crippen LogP contribution in [0.1, 0.15) is 33.3 Å². The minimum absolute atomic E-state index is 0.835. The van der Waals surface area contributed by atoms with Gasteiger partial charge in [0.1, 0.15) is 4.75 Å². The van der Waals surface area contributed by atoms with E-state index in [4.69, 9.17) is 5.11 Å². The predicted molar refractivity (Wildman–Crippen MR) is 79.5 cm³/mol. The standard InChI is InChI=1S/C14H18N2O2S/c1-10(19-14(3,4)13(17)18)8-16-11(2)12-6-5-7-15-9-12/h5-9H,1-4H3,(H,17,18)/b10-8+,16-11?. The van der Waals surface area contributed by atoms with Crippen LogP contribution < -0.4 is 0 Å². The summed E-state index contributed by atoms with van der Waals surface area (Å²) in [6.45, 7) is 7.10. The van der Waals surface area contributed by atoms with Crippen molar-refractivity contribution in [3.05, 3.63) is 41.2 Å². The van der Waals surface area contributed by atoms with Crippen molar-refractivity contribution in [2.45, 2.75) is 32.4 Å². The molecule has 0 saturated carbocycles. The van der Waals surface area contributed by atoms with Crippen LogP contribution in [-0.4, -0.2) is 26.5 Å². The van der Waals surface area contributed by atoms with Crippen LogP contribution in [0.25, 0.3) is 0 Å². The second-order valence-electron chi connectivity index (χ2n) is 4.61. The Bertz CT molecular complexity index is 507. The van der Waals surface area contributed by atoms with E-state index >= 15 is 0 Å². The van der Waals surface area contributed by atoms with E-state index in [9.17, 15) is 4.79 Å². The SMILES string of the molecule is CC(=N/C=C(\C)SC(C)(C)C(=O)O)c1cccnc1. The van der Waals surface area contributed by atoms with Gasteiger partial charge >= 0.3 is 5.97 Å². The average molecular weight is 278 g/mol. The van der Waals surface area contributed by atoms with Crippen LogP contribution in [0.3, 0.4) is 0 Å². The van der Waals surface area contributed by atoms with E-state index in [0.717, 1.165) is 16.2 Å². The largest absolute Gasteiger partial charge is 0.480 e. The monoisotopic (exact) mass is 278 g/mol. The maximum atomic E-state index is 11.0. The van der Waals surface area contributed by atoms with Gasteiger partial charge in [0.15, 0.2) is 0 Å². The van der Waals surface area contributed by atoms with Gasteiger partial charge in [-0.25, -0.2) is 0 Å². The van der Waals surface area contributed by atoms with Gasteiger partial charge in [-0.1, -0.05) is 6.07 Å². The summed E-state index contributed by atoms with van der Waals surface area (Å²) >= 11 is 1.29. The van der Waals surface area contributed by atoms with Gasteiger partial charge in [0.05, 0.1) is 0 Å². The minimum Gasteiger partial charge on any atom is -0.480 e. The van der Waals surface area contributed by atoms with Crippen molar-refractivity contribution in [1.29, 1.82) is 0 Å². The number of hydrogen-bond acceptors (Lipinski definition) is 4. The number of thioether (sulfide) groups is 1. The molecule has 102 valence electrons. The third kappa shape index (κ3) is 4.87. The number of hydrogen-bond donors (Lipinski definition) is 1. The van der Waals surface area contributed by atoms with Gasteiger partial charge in [-0.3, -0.25) is 14.8 Å².